The molecule has 0 saturated carbocycles. The van der Waals surface area contributed by atoms with Gasteiger partial charge in [-0.25, -0.2) is 0 Å². The second-order valence-corrected chi connectivity index (χ2v) is 5.09. The predicted molar refractivity (Wildman–Crippen MR) is 76.7 cm³/mol. The largest absolute Gasteiger partial charge is 0.573 e. The van der Waals surface area contributed by atoms with Gasteiger partial charge in [0.2, 0.25) is 0 Å². The molecule has 0 saturated heterocycles. The van der Waals surface area contributed by atoms with Crippen LogP contribution in [0.15, 0.2) is 36.4 Å². The van der Waals surface area contributed by atoms with Crippen LogP contribution >= 0.6 is 0 Å². The van der Waals surface area contributed by atoms with Crippen LogP contribution in [0.3, 0.4) is 0 Å². The quantitative estimate of drug-likeness (QED) is 0.902. The van der Waals surface area contributed by atoms with Gasteiger partial charge in [-0.15, -0.1) is 13.2 Å². The van der Waals surface area contributed by atoms with Crippen LogP contribution in [0.4, 0.5) is 13.2 Å². The minimum Gasteiger partial charge on any atom is -0.508 e. The number of aryl methyl sites for hydroxylation is 2. The molecular weight excluding hydrogens is 295 g/mol. The standard InChI is InChI=1S/C16H16F3NO2/c1-9-7-12(21)8-10(2)14(9)15(20)11-3-5-13(6-4-11)22-16(17,18)19/h3-8,15,21H,20H2,1-2H3/t15-/m0/s1. The van der Waals surface area contributed by atoms with Gasteiger partial charge in [-0.2, -0.15) is 0 Å². The topological polar surface area (TPSA) is 55.5 Å². The van der Waals surface area contributed by atoms with E-state index in [2.05, 4.69) is 4.74 Å². The van der Waals surface area contributed by atoms with Crippen molar-refractivity contribution in [3.63, 3.8) is 0 Å². The molecule has 0 aliphatic rings. The third-order valence-electron chi connectivity index (χ3n) is 3.36. The Hall–Kier alpha value is -2.21. The van der Waals surface area contributed by atoms with Crippen LogP contribution in [0.5, 0.6) is 11.5 Å². The van der Waals surface area contributed by atoms with E-state index in [4.69, 9.17) is 5.73 Å². The van der Waals surface area contributed by atoms with E-state index in [0.717, 1.165) is 16.7 Å². The zero-order chi connectivity index (χ0) is 16.5. The molecule has 0 aromatic heterocycles. The molecule has 118 valence electrons. The number of hydrogen-bond acceptors (Lipinski definition) is 3. The van der Waals surface area contributed by atoms with Gasteiger partial charge in [0.1, 0.15) is 11.5 Å². The maximum atomic E-state index is 12.1. The predicted octanol–water partition coefficient (Wildman–Crippen LogP) is 3.96. The second kappa shape index (κ2) is 5.88. The average Bonchev–Trinajstić information content (AvgIpc) is 2.36. The Kier molecular flexibility index (Phi) is 4.32. The Morgan fingerprint density at radius 1 is 1.05 bits per heavy atom. The van der Waals surface area contributed by atoms with Crippen molar-refractivity contribution in [2.75, 3.05) is 0 Å². The number of nitrogens with two attached hydrogens (primary N) is 1. The highest BCUT2D eigenvalue weighted by molar-refractivity contribution is 5.46. The van der Waals surface area contributed by atoms with E-state index >= 15 is 0 Å². The van der Waals surface area contributed by atoms with Crippen LogP contribution in [0.2, 0.25) is 0 Å². The Morgan fingerprint density at radius 3 is 2.00 bits per heavy atom. The summed E-state index contributed by atoms with van der Waals surface area (Å²) in [5.74, 6) is -0.137. The molecule has 0 aliphatic carbocycles. The van der Waals surface area contributed by atoms with E-state index in [9.17, 15) is 18.3 Å². The summed E-state index contributed by atoms with van der Waals surface area (Å²) in [4.78, 5) is 0. The molecular formula is C16H16F3NO2. The maximum absolute atomic E-state index is 12.1. The zero-order valence-corrected chi connectivity index (χ0v) is 12.1. The monoisotopic (exact) mass is 311 g/mol. The molecule has 22 heavy (non-hydrogen) atoms. The second-order valence-electron chi connectivity index (χ2n) is 5.09. The lowest BCUT2D eigenvalue weighted by atomic mass is 9.91. The van der Waals surface area contributed by atoms with Crippen LogP contribution in [-0.2, 0) is 0 Å². The van der Waals surface area contributed by atoms with Gasteiger partial charge in [-0.3, -0.25) is 0 Å². The normalized spacial score (nSPS) is 13.0. The molecule has 0 aliphatic heterocycles. The smallest absolute Gasteiger partial charge is 0.508 e. The van der Waals surface area contributed by atoms with Crippen molar-refractivity contribution < 1.29 is 23.0 Å². The molecule has 6 heteroatoms. The van der Waals surface area contributed by atoms with Gasteiger partial charge in [-0.05, 0) is 60.4 Å². The molecule has 0 unspecified atom stereocenters. The first-order chi connectivity index (χ1) is 10.2. The molecule has 2 rings (SSSR count). The average molecular weight is 311 g/mol. The zero-order valence-electron chi connectivity index (χ0n) is 12.1. The van der Waals surface area contributed by atoms with Crippen LogP contribution < -0.4 is 10.5 Å². The van der Waals surface area contributed by atoms with E-state index in [0.29, 0.717) is 5.56 Å². The number of aromatic hydroxyl groups is 1. The number of phenolic OH excluding ortho intramolecular Hbond substituents is 1. The number of halogens is 3. The third-order valence-corrected chi connectivity index (χ3v) is 3.36. The Balaban J connectivity index is 2.29. The van der Waals surface area contributed by atoms with Crippen molar-refractivity contribution in [1.82, 2.24) is 0 Å². The highest BCUT2D eigenvalue weighted by atomic mass is 19.4. The highest BCUT2D eigenvalue weighted by Gasteiger charge is 2.31. The van der Waals surface area contributed by atoms with Gasteiger partial charge in [0.15, 0.2) is 0 Å². The Bertz CT molecular complexity index is 643. The molecule has 0 bridgehead atoms. The molecule has 2 aromatic carbocycles. The fraction of sp³-hybridized carbons (Fsp3) is 0.250. The number of alkyl halides is 3. The number of hydrogen-bond donors (Lipinski definition) is 2. The van der Waals surface area contributed by atoms with E-state index in [-0.39, 0.29) is 11.5 Å². The van der Waals surface area contributed by atoms with Crippen molar-refractivity contribution in [3.05, 3.63) is 58.7 Å². The van der Waals surface area contributed by atoms with Crippen molar-refractivity contribution >= 4 is 0 Å². The van der Waals surface area contributed by atoms with Gasteiger partial charge >= 0.3 is 6.36 Å². The molecule has 3 N–H and O–H groups in total. The first-order valence-corrected chi connectivity index (χ1v) is 6.59. The SMILES string of the molecule is Cc1cc(O)cc(C)c1[C@@H](N)c1ccc(OC(F)(F)F)cc1. The fourth-order valence-corrected chi connectivity index (χ4v) is 2.49. The molecule has 3 nitrogen and oxygen atoms in total. The lowest BCUT2D eigenvalue weighted by Gasteiger charge is -2.19. The third kappa shape index (κ3) is 3.71. The van der Waals surface area contributed by atoms with Crippen LogP contribution in [-0.4, -0.2) is 11.5 Å². The molecule has 0 spiro atoms. The summed E-state index contributed by atoms with van der Waals surface area (Å²) in [5, 5.41) is 9.55. The Morgan fingerprint density at radius 2 is 1.55 bits per heavy atom. The van der Waals surface area contributed by atoms with E-state index in [1.807, 2.05) is 13.8 Å². The summed E-state index contributed by atoms with van der Waals surface area (Å²) in [6, 6.07) is 8.16. The molecule has 0 heterocycles. The van der Waals surface area contributed by atoms with E-state index in [1.165, 1.54) is 24.3 Å². The fourth-order valence-electron chi connectivity index (χ4n) is 2.49. The Labute approximate surface area is 126 Å². The van der Waals surface area contributed by atoms with Gasteiger partial charge in [-0.1, -0.05) is 12.1 Å². The maximum Gasteiger partial charge on any atom is 0.573 e. The van der Waals surface area contributed by atoms with E-state index in [1.54, 1.807) is 12.1 Å². The van der Waals surface area contributed by atoms with Gasteiger partial charge in [0, 0.05) is 0 Å². The first-order valence-electron chi connectivity index (χ1n) is 6.59. The molecule has 0 radical (unpaired) electrons. The molecule has 0 fully saturated rings. The summed E-state index contributed by atoms with van der Waals surface area (Å²) < 4.78 is 40.2. The number of benzene rings is 2. The summed E-state index contributed by atoms with van der Waals surface area (Å²) in [7, 11) is 0. The number of ether oxygens (including phenoxy) is 1. The minimum atomic E-state index is -4.71. The van der Waals surface area contributed by atoms with Crippen molar-refractivity contribution in [2.45, 2.75) is 26.3 Å². The lowest BCUT2D eigenvalue weighted by molar-refractivity contribution is -0.274. The molecule has 2 aromatic rings. The molecule has 0 amide bonds. The highest BCUT2D eigenvalue weighted by Crippen LogP contribution is 2.30. The van der Waals surface area contributed by atoms with Crippen molar-refractivity contribution in [1.29, 1.82) is 0 Å². The molecule has 1 atom stereocenters. The number of phenols is 1. The van der Waals surface area contributed by atoms with E-state index < -0.39 is 12.4 Å². The van der Waals surface area contributed by atoms with Crippen LogP contribution in [0.25, 0.3) is 0 Å². The summed E-state index contributed by atoms with van der Waals surface area (Å²) in [6.45, 7) is 3.64. The van der Waals surface area contributed by atoms with Crippen molar-refractivity contribution in [2.24, 2.45) is 5.73 Å². The van der Waals surface area contributed by atoms with Gasteiger partial charge in [0.05, 0.1) is 6.04 Å². The van der Waals surface area contributed by atoms with Gasteiger partial charge in [0.25, 0.3) is 0 Å². The lowest BCUT2D eigenvalue weighted by Crippen LogP contribution is -2.17. The van der Waals surface area contributed by atoms with Crippen LogP contribution in [0, 0.1) is 13.8 Å². The minimum absolute atomic E-state index is 0.153. The summed E-state index contributed by atoms with van der Waals surface area (Å²) in [6.07, 6.45) is -4.71. The number of rotatable bonds is 3. The first kappa shape index (κ1) is 16.2. The van der Waals surface area contributed by atoms with Crippen LogP contribution in [0.1, 0.15) is 28.3 Å². The van der Waals surface area contributed by atoms with Gasteiger partial charge < -0.3 is 15.6 Å². The van der Waals surface area contributed by atoms with Crippen molar-refractivity contribution in [3.8, 4) is 11.5 Å². The summed E-state index contributed by atoms with van der Waals surface area (Å²) in [5.41, 5.74) is 9.33. The summed E-state index contributed by atoms with van der Waals surface area (Å²) >= 11 is 0.